The molecule has 228 valence electrons. The fourth-order valence-electron chi connectivity index (χ4n) is 6.37. The first-order valence-electron chi connectivity index (χ1n) is 15.1. The molecule has 2 fully saturated rings. The number of benzene rings is 2. The van der Waals surface area contributed by atoms with Crippen LogP contribution in [0.25, 0.3) is 10.8 Å². The summed E-state index contributed by atoms with van der Waals surface area (Å²) >= 11 is 6.69. The molecule has 0 spiro atoms. The van der Waals surface area contributed by atoms with Crippen LogP contribution in [0, 0.1) is 0 Å². The Morgan fingerprint density at radius 2 is 1.88 bits per heavy atom. The summed E-state index contributed by atoms with van der Waals surface area (Å²) in [6.45, 7) is 5.27. The second-order valence-electron chi connectivity index (χ2n) is 11.5. The van der Waals surface area contributed by atoms with Crippen LogP contribution in [0.3, 0.4) is 0 Å². The first kappa shape index (κ1) is 29.6. The van der Waals surface area contributed by atoms with E-state index in [1.54, 1.807) is 11.9 Å². The van der Waals surface area contributed by atoms with E-state index >= 15 is 0 Å². The largest absolute Gasteiger partial charge is 0.462 e. The standard InChI is InChI=1S/C32H39ClFN7O2/c1-35-13-11-26(34)31(42)40-18-16-39(17-19-40)30-24-12-15-41(28-10-4-7-22-6-3-9-25(33)29(22)28)20-27(24)36-32(37-30)43-21-23-8-5-14-38(23)2/h3-4,6-7,9-11,23,35H,5,8,12-21H2,1-2H3/b26-11+/t23-/m0/s1. The van der Waals surface area contributed by atoms with Crippen LogP contribution in [0.15, 0.2) is 48.3 Å². The summed E-state index contributed by atoms with van der Waals surface area (Å²) in [5, 5.41) is 5.72. The Bertz CT molecular complexity index is 1510. The molecule has 43 heavy (non-hydrogen) atoms. The van der Waals surface area contributed by atoms with E-state index in [1.807, 2.05) is 12.1 Å². The summed E-state index contributed by atoms with van der Waals surface area (Å²) < 4.78 is 20.6. The summed E-state index contributed by atoms with van der Waals surface area (Å²) in [4.78, 5) is 30.9. The number of nitrogens with one attached hydrogen (secondary N) is 1. The van der Waals surface area contributed by atoms with Gasteiger partial charge in [0.1, 0.15) is 12.4 Å². The van der Waals surface area contributed by atoms with Gasteiger partial charge in [0.05, 0.1) is 17.3 Å². The number of rotatable bonds is 8. The average molecular weight is 608 g/mol. The van der Waals surface area contributed by atoms with Gasteiger partial charge in [-0.3, -0.25) is 4.79 Å². The highest BCUT2D eigenvalue weighted by Gasteiger charge is 2.31. The maximum absolute atomic E-state index is 14.4. The first-order valence-corrected chi connectivity index (χ1v) is 15.5. The van der Waals surface area contributed by atoms with Crippen molar-refractivity contribution in [2.75, 3.05) is 76.3 Å². The molecule has 1 amide bonds. The molecule has 0 bridgehead atoms. The molecule has 1 N–H and O–H groups in total. The third-order valence-corrected chi connectivity index (χ3v) is 9.14. The minimum atomic E-state index is -0.719. The lowest BCUT2D eigenvalue weighted by molar-refractivity contribution is -0.129. The van der Waals surface area contributed by atoms with Gasteiger partial charge in [-0.1, -0.05) is 35.9 Å². The van der Waals surface area contributed by atoms with Crippen LogP contribution in [0.2, 0.25) is 5.02 Å². The van der Waals surface area contributed by atoms with E-state index in [4.69, 9.17) is 26.3 Å². The number of aromatic nitrogens is 2. The van der Waals surface area contributed by atoms with Crippen LogP contribution in [0.1, 0.15) is 24.1 Å². The van der Waals surface area contributed by atoms with Gasteiger partial charge in [-0.15, -0.1) is 0 Å². The number of fused-ring (bicyclic) bond motifs is 2. The lowest BCUT2D eigenvalue weighted by Crippen LogP contribution is -2.49. The molecule has 3 aliphatic rings. The zero-order valence-corrected chi connectivity index (χ0v) is 25.6. The Morgan fingerprint density at radius 1 is 1.09 bits per heavy atom. The number of likely N-dealkylation sites (N-methyl/N-ethyl adjacent to an activating group) is 2. The molecular formula is C32H39ClFN7O2. The van der Waals surface area contributed by atoms with Crippen LogP contribution in [-0.2, 0) is 17.8 Å². The van der Waals surface area contributed by atoms with Crippen LogP contribution in [0.4, 0.5) is 15.9 Å². The highest BCUT2D eigenvalue weighted by atomic mass is 35.5. The lowest BCUT2D eigenvalue weighted by atomic mass is 10.0. The van der Waals surface area contributed by atoms with Gasteiger partial charge in [-0.05, 0) is 63.5 Å². The summed E-state index contributed by atoms with van der Waals surface area (Å²) in [7, 11) is 3.85. The van der Waals surface area contributed by atoms with E-state index in [9.17, 15) is 9.18 Å². The second-order valence-corrected chi connectivity index (χ2v) is 11.9. The molecular weight excluding hydrogens is 569 g/mol. The van der Waals surface area contributed by atoms with E-state index in [-0.39, 0.29) is 0 Å². The zero-order chi connectivity index (χ0) is 29.9. The third kappa shape index (κ3) is 6.27. The summed E-state index contributed by atoms with van der Waals surface area (Å²) in [5.41, 5.74) is 3.13. The Balaban J connectivity index is 1.27. The van der Waals surface area contributed by atoms with Crippen LogP contribution in [0.5, 0.6) is 6.01 Å². The Labute approximate surface area is 257 Å². The van der Waals surface area contributed by atoms with E-state index in [2.05, 4.69) is 51.3 Å². The number of hydrogen-bond donors (Lipinski definition) is 1. The number of ether oxygens (including phenoxy) is 1. The molecule has 1 atom stereocenters. The van der Waals surface area contributed by atoms with Gasteiger partial charge in [0, 0.05) is 61.9 Å². The molecule has 2 saturated heterocycles. The third-order valence-electron chi connectivity index (χ3n) is 8.83. The molecule has 11 heteroatoms. The van der Waals surface area contributed by atoms with Gasteiger partial charge in [0.25, 0.3) is 5.91 Å². The SMILES string of the molecule is CNC/C=C(/F)C(=O)N1CCN(c2nc(OC[C@@H]3CCCN3C)nc3c2CCN(c2cccc4cccc(Cl)c24)C3)CC1. The van der Waals surface area contributed by atoms with E-state index in [0.717, 1.165) is 70.9 Å². The number of carbonyl (C=O) groups excluding carboxylic acids is 1. The van der Waals surface area contributed by atoms with Crippen molar-refractivity contribution < 1.29 is 13.9 Å². The summed E-state index contributed by atoms with van der Waals surface area (Å²) in [6.07, 6.45) is 4.31. The Morgan fingerprint density at radius 3 is 2.63 bits per heavy atom. The van der Waals surface area contributed by atoms with Gasteiger partial charge in [0.15, 0.2) is 5.83 Å². The highest BCUT2D eigenvalue weighted by Crippen LogP contribution is 2.37. The van der Waals surface area contributed by atoms with Crippen molar-refractivity contribution in [3.8, 4) is 6.01 Å². The number of likely N-dealkylation sites (tertiary alicyclic amines) is 1. The highest BCUT2D eigenvalue weighted by molar-refractivity contribution is 6.36. The van der Waals surface area contributed by atoms with Crippen molar-refractivity contribution in [3.05, 3.63) is 64.6 Å². The van der Waals surface area contributed by atoms with Crippen molar-refractivity contribution in [1.82, 2.24) is 25.1 Å². The van der Waals surface area contributed by atoms with Crippen molar-refractivity contribution in [2.45, 2.75) is 31.8 Å². The van der Waals surface area contributed by atoms with E-state index < -0.39 is 11.7 Å². The molecule has 0 aliphatic carbocycles. The van der Waals surface area contributed by atoms with Crippen molar-refractivity contribution in [3.63, 3.8) is 0 Å². The molecule has 0 unspecified atom stereocenters. The maximum atomic E-state index is 14.4. The number of piperazine rings is 1. The summed E-state index contributed by atoms with van der Waals surface area (Å²) in [6, 6.07) is 13.0. The van der Waals surface area contributed by atoms with Crippen molar-refractivity contribution in [2.24, 2.45) is 0 Å². The molecule has 4 heterocycles. The van der Waals surface area contributed by atoms with Crippen LogP contribution in [-0.4, -0.2) is 98.2 Å². The Kier molecular flexibility index (Phi) is 8.97. The van der Waals surface area contributed by atoms with Crippen LogP contribution >= 0.6 is 11.6 Å². The predicted molar refractivity (Wildman–Crippen MR) is 169 cm³/mol. The molecule has 1 aromatic heterocycles. The number of amides is 1. The van der Waals surface area contributed by atoms with Gasteiger partial charge in [-0.25, -0.2) is 4.39 Å². The topological polar surface area (TPSA) is 77.1 Å². The number of nitrogens with zero attached hydrogens (tertiary/aromatic N) is 6. The van der Waals surface area contributed by atoms with Crippen LogP contribution < -0.4 is 19.9 Å². The molecule has 9 nitrogen and oxygen atoms in total. The maximum Gasteiger partial charge on any atom is 0.318 e. The monoisotopic (exact) mass is 607 g/mol. The van der Waals surface area contributed by atoms with Gasteiger partial charge >= 0.3 is 6.01 Å². The fourth-order valence-corrected chi connectivity index (χ4v) is 6.65. The van der Waals surface area contributed by atoms with Gasteiger partial charge in [-0.2, -0.15) is 9.97 Å². The number of halogens is 2. The van der Waals surface area contributed by atoms with Gasteiger partial charge < -0.3 is 29.7 Å². The van der Waals surface area contributed by atoms with E-state index in [0.29, 0.717) is 57.9 Å². The second kappa shape index (κ2) is 13.0. The molecule has 3 aromatic rings. The van der Waals surface area contributed by atoms with Gasteiger partial charge in [0.2, 0.25) is 0 Å². The normalized spacial score (nSPS) is 19.7. The minimum absolute atomic E-state index is 0.312. The fraction of sp³-hybridized carbons (Fsp3) is 0.469. The Hall–Kier alpha value is -3.47. The smallest absolute Gasteiger partial charge is 0.318 e. The number of hydrogen-bond acceptors (Lipinski definition) is 8. The zero-order valence-electron chi connectivity index (χ0n) is 24.9. The first-order chi connectivity index (χ1) is 20.9. The predicted octanol–water partition coefficient (Wildman–Crippen LogP) is 4.04. The molecule has 3 aliphatic heterocycles. The number of anilines is 2. The lowest BCUT2D eigenvalue weighted by Gasteiger charge is -2.38. The molecule has 6 rings (SSSR count). The molecule has 2 aromatic carbocycles. The number of carbonyl (C=O) groups is 1. The van der Waals surface area contributed by atoms with E-state index in [1.165, 1.54) is 6.08 Å². The average Bonchev–Trinajstić information content (AvgIpc) is 3.45. The van der Waals surface area contributed by atoms with Crippen molar-refractivity contribution in [1.29, 1.82) is 0 Å². The molecule has 0 radical (unpaired) electrons. The summed E-state index contributed by atoms with van der Waals surface area (Å²) in [5.74, 6) is -0.425. The minimum Gasteiger partial charge on any atom is -0.462 e. The van der Waals surface area contributed by atoms with Crippen molar-refractivity contribution >= 4 is 39.8 Å². The molecule has 0 saturated carbocycles. The quantitative estimate of drug-likeness (QED) is 0.385.